The number of nitrogens with zero attached hydrogens (tertiary/aromatic N) is 4. The average Bonchev–Trinajstić information content (AvgIpc) is 3.28. The molecule has 2 fully saturated rings. The molecule has 5 nitrogen and oxygen atoms in total. The van der Waals surface area contributed by atoms with Gasteiger partial charge in [-0.15, -0.1) is 0 Å². The van der Waals surface area contributed by atoms with E-state index in [1.807, 2.05) is 12.4 Å². The molecule has 1 amide bonds. The third-order valence-corrected chi connectivity index (χ3v) is 5.71. The fourth-order valence-electron chi connectivity index (χ4n) is 4.34. The Bertz CT molecular complexity index is 740. The van der Waals surface area contributed by atoms with Crippen LogP contribution in [0, 0.1) is 5.41 Å². The highest BCUT2D eigenvalue weighted by Crippen LogP contribution is 2.40. The molecule has 1 spiro atoms. The van der Waals surface area contributed by atoms with Crippen LogP contribution in [-0.2, 0) is 11.3 Å². The van der Waals surface area contributed by atoms with Gasteiger partial charge in [0, 0.05) is 32.7 Å². The van der Waals surface area contributed by atoms with Crippen LogP contribution in [0.5, 0.6) is 0 Å². The summed E-state index contributed by atoms with van der Waals surface area (Å²) in [5.41, 5.74) is 2.15. The predicted molar refractivity (Wildman–Crippen MR) is 94.7 cm³/mol. The zero-order valence-corrected chi connectivity index (χ0v) is 14.4. The maximum atomic E-state index is 12.8. The molecule has 0 saturated carbocycles. The van der Waals surface area contributed by atoms with Gasteiger partial charge >= 0.3 is 0 Å². The summed E-state index contributed by atoms with van der Waals surface area (Å²) in [6, 6.07) is 8.26. The number of fused-ring (bicyclic) bond motifs is 1. The van der Waals surface area contributed by atoms with Crippen LogP contribution < -0.4 is 0 Å². The molecular formula is C19H26N4O. The van der Waals surface area contributed by atoms with Gasteiger partial charge in [0.05, 0.1) is 22.8 Å². The monoisotopic (exact) mass is 326 g/mol. The first-order chi connectivity index (χ1) is 11.7. The van der Waals surface area contributed by atoms with E-state index < -0.39 is 0 Å². The van der Waals surface area contributed by atoms with E-state index in [0.717, 1.165) is 64.0 Å². The molecule has 0 N–H and O–H groups in total. The Balaban J connectivity index is 1.39. The van der Waals surface area contributed by atoms with Gasteiger partial charge in [0.2, 0.25) is 5.91 Å². The van der Waals surface area contributed by atoms with Crippen molar-refractivity contribution in [3.63, 3.8) is 0 Å². The number of likely N-dealkylation sites (tertiary alicyclic amines) is 2. The molecule has 3 heterocycles. The topological polar surface area (TPSA) is 41.4 Å². The number of aromatic nitrogens is 2. The lowest BCUT2D eigenvalue weighted by molar-refractivity contribution is -0.135. The molecule has 24 heavy (non-hydrogen) atoms. The highest BCUT2D eigenvalue weighted by atomic mass is 16.2. The summed E-state index contributed by atoms with van der Waals surface area (Å²) in [4.78, 5) is 21.8. The lowest BCUT2D eigenvalue weighted by Crippen LogP contribution is -2.37. The van der Waals surface area contributed by atoms with E-state index in [9.17, 15) is 4.79 Å². The van der Waals surface area contributed by atoms with Crippen molar-refractivity contribution >= 4 is 16.9 Å². The number of amides is 1. The lowest BCUT2D eigenvalue weighted by Gasteiger charge is -2.23. The molecule has 5 heteroatoms. The summed E-state index contributed by atoms with van der Waals surface area (Å²) in [5.74, 6) is 0.403. The van der Waals surface area contributed by atoms with E-state index in [0.29, 0.717) is 5.91 Å². The molecule has 4 rings (SSSR count). The summed E-state index contributed by atoms with van der Waals surface area (Å²) in [5, 5.41) is 0. The summed E-state index contributed by atoms with van der Waals surface area (Å²) in [6.45, 7) is 7.91. The smallest absolute Gasteiger partial charge is 0.230 e. The van der Waals surface area contributed by atoms with Gasteiger partial charge in [0.25, 0.3) is 0 Å². The summed E-state index contributed by atoms with van der Waals surface area (Å²) in [7, 11) is 0. The molecule has 2 aliphatic rings. The number of hydrogen-bond acceptors (Lipinski definition) is 3. The van der Waals surface area contributed by atoms with Crippen molar-refractivity contribution < 1.29 is 4.79 Å². The van der Waals surface area contributed by atoms with E-state index >= 15 is 0 Å². The van der Waals surface area contributed by atoms with Crippen LogP contribution in [0.4, 0.5) is 0 Å². The zero-order chi connectivity index (χ0) is 16.6. The van der Waals surface area contributed by atoms with Crippen LogP contribution in [0.15, 0.2) is 30.6 Å². The molecule has 2 saturated heterocycles. The van der Waals surface area contributed by atoms with Crippen molar-refractivity contribution in [2.24, 2.45) is 5.41 Å². The van der Waals surface area contributed by atoms with Crippen molar-refractivity contribution in [1.82, 2.24) is 19.4 Å². The Morgan fingerprint density at radius 3 is 2.83 bits per heavy atom. The van der Waals surface area contributed by atoms with Crippen molar-refractivity contribution in [2.45, 2.75) is 32.7 Å². The first kappa shape index (κ1) is 15.6. The molecule has 0 aliphatic carbocycles. The molecule has 2 aliphatic heterocycles. The minimum atomic E-state index is -0.0911. The number of carbonyl (C=O) groups is 1. The minimum Gasteiger partial charge on any atom is -0.342 e. The second kappa shape index (κ2) is 6.20. The summed E-state index contributed by atoms with van der Waals surface area (Å²) >= 11 is 0. The molecule has 0 bridgehead atoms. The van der Waals surface area contributed by atoms with E-state index in [4.69, 9.17) is 0 Å². The van der Waals surface area contributed by atoms with Crippen LogP contribution in [0.3, 0.4) is 0 Å². The standard InChI is InChI=1S/C19H26N4O/c1-2-9-22-11-8-19(18(22)24)7-10-21(14-19)12-13-23-15-20-16-5-3-4-6-17(16)23/h3-6,15H,2,7-14H2,1H3. The van der Waals surface area contributed by atoms with Crippen LogP contribution in [0.1, 0.15) is 26.2 Å². The molecule has 1 aromatic heterocycles. The van der Waals surface area contributed by atoms with Crippen LogP contribution in [0.25, 0.3) is 11.0 Å². The maximum absolute atomic E-state index is 12.8. The van der Waals surface area contributed by atoms with Crippen molar-refractivity contribution in [2.75, 3.05) is 32.7 Å². The first-order valence-electron chi connectivity index (χ1n) is 9.13. The number of imidazole rings is 1. The van der Waals surface area contributed by atoms with Crippen molar-refractivity contribution in [1.29, 1.82) is 0 Å². The third-order valence-electron chi connectivity index (χ3n) is 5.71. The quantitative estimate of drug-likeness (QED) is 0.847. The number of hydrogen-bond donors (Lipinski definition) is 0. The van der Waals surface area contributed by atoms with Gasteiger partial charge in [-0.3, -0.25) is 4.79 Å². The number of para-hydroxylation sites is 2. The fraction of sp³-hybridized carbons (Fsp3) is 0.579. The molecular weight excluding hydrogens is 300 g/mol. The van der Waals surface area contributed by atoms with Gasteiger partial charge in [-0.1, -0.05) is 19.1 Å². The Labute approximate surface area is 143 Å². The minimum absolute atomic E-state index is 0.0911. The van der Waals surface area contributed by atoms with Gasteiger partial charge in [0.1, 0.15) is 0 Å². The second-order valence-electron chi connectivity index (χ2n) is 7.28. The Morgan fingerprint density at radius 1 is 1.12 bits per heavy atom. The van der Waals surface area contributed by atoms with Crippen LogP contribution in [0.2, 0.25) is 0 Å². The SMILES string of the molecule is CCCN1CCC2(CCN(CCn3cnc4ccccc43)C2)C1=O. The highest BCUT2D eigenvalue weighted by molar-refractivity contribution is 5.85. The molecule has 1 unspecified atom stereocenters. The van der Waals surface area contributed by atoms with Gasteiger partial charge in [-0.2, -0.15) is 0 Å². The molecule has 1 aromatic carbocycles. The van der Waals surface area contributed by atoms with E-state index in [1.165, 1.54) is 5.52 Å². The van der Waals surface area contributed by atoms with Crippen molar-refractivity contribution in [3.8, 4) is 0 Å². The Kier molecular flexibility index (Phi) is 4.04. The van der Waals surface area contributed by atoms with Crippen LogP contribution >= 0.6 is 0 Å². The first-order valence-corrected chi connectivity index (χ1v) is 9.13. The zero-order valence-electron chi connectivity index (χ0n) is 14.4. The normalized spacial score (nSPS) is 24.7. The largest absolute Gasteiger partial charge is 0.342 e. The van der Waals surface area contributed by atoms with Gasteiger partial charge in [-0.05, 0) is 37.9 Å². The number of carbonyl (C=O) groups excluding carboxylic acids is 1. The maximum Gasteiger partial charge on any atom is 0.230 e. The van der Waals surface area contributed by atoms with Gasteiger partial charge in [-0.25, -0.2) is 4.98 Å². The molecule has 2 aromatic rings. The Morgan fingerprint density at radius 2 is 1.96 bits per heavy atom. The van der Waals surface area contributed by atoms with E-state index in [2.05, 4.69) is 44.5 Å². The predicted octanol–water partition coefficient (Wildman–Crippen LogP) is 2.37. The number of rotatable bonds is 5. The average molecular weight is 326 g/mol. The molecule has 1 atom stereocenters. The second-order valence-corrected chi connectivity index (χ2v) is 7.28. The molecule has 0 radical (unpaired) electrons. The summed E-state index contributed by atoms with van der Waals surface area (Å²) < 4.78 is 2.22. The number of benzene rings is 1. The van der Waals surface area contributed by atoms with E-state index in [1.54, 1.807) is 0 Å². The van der Waals surface area contributed by atoms with Crippen LogP contribution in [-0.4, -0.2) is 58.0 Å². The molecule has 128 valence electrons. The third kappa shape index (κ3) is 2.61. The fourth-order valence-corrected chi connectivity index (χ4v) is 4.34. The van der Waals surface area contributed by atoms with Gasteiger partial charge in [0.15, 0.2) is 0 Å². The van der Waals surface area contributed by atoms with Gasteiger partial charge < -0.3 is 14.4 Å². The lowest BCUT2D eigenvalue weighted by atomic mass is 9.85. The summed E-state index contributed by atoms with van der Waals surface area (Å²) in [6.07, 6.45) is 5.05. The van der Waals surface area contributed by atoms with Crippen molar-refractivity contribution in [3.05, 3.63) is 30.6 Å². The van der Waals surface area contributed by atoms with E-state index in [-0.39, 0.29) is 5.41 Å². The highest BCUT2D eigenvalue weighted by Gasteiger charge is 2.50. The Hall–Kier alpha value is -1.88.